The lowest BCUT2D eigenvalue weighted by Gasteiger charge is -2.14. The van der Waals surface area contributed by atoms with E-state index in [2.05, 4.69) is 9.72 Å². The van der Waals surface area contributed by atoms with Crippen molar-refractivity contribution in [1.29, 1.82) is 0 Å². The van der Waals surface area contributed by atoms with Crippen LogP contribution in [0.5, 0.6) is 11.5 Å². The normalized spacial score (nSPS) is 10.0. The molecule has 1 rings (SSSR count). The molecule has 0 saturated carbocycles. The van der Waals surface area contributed by atoms with Crippen molar-refractivity contribution < 1.29 is 33.3 Å². The summed E-state index contributed by atoms with van der Waals surface area (Å²) >= 11 is 0. The van der Waals surface area contributed by atoms with Crippen molar-refractivity contribution in [3.05, 3.63) is 18.0 Å². The molecule has 0 saturated heterocycles. The number of esters is 2. The Morgan fingerprint density at radius 2 is 1.96 bits per heavy atom. The van der Waals surface area contributed by atoms with Crippen LogP contribution in [0.4, 0.5) is 0 Å². The van der Waals surface area contributed by atoms with Gasteiger partial charge in [-0.2, -0.15) is 0 Å². The molecule has 1 aromatic rings. The van der Waals surface area contributed by atoms with Gasteiger partial charge in [0, 0.05) is 12.3 Å². The molecule has 128 valence electrons. The first-order chi connectivity index (χ1) is 11.1. The molecule has 0 radical (unpaired) electrons. The summed E-state index contributed by atoms with van der Waals surface area (Å²) in [4.78, 5) is 26.5. The number of pyridine rings is 1. The number of aromatic nitrogens is 1. The SMILES string of the molecule is COC(=O)CCC(=O)OCOc1c(OC)ccnc1COCN. The van der Waals surface area contributed by atoms with E-state index in [9.17, 15) is 9.59 Å². The maximum Gasteiger partial charge on any atom is 0.309 e. The van der Waals surface area contributed by atoms with E-state index in [1.165, 1.54) is 20.4 Å². The third kappa shape index (κ3) is 6.49. The van der Waals surface area contributed by atoms with Crippen molar-refractivity contribution in [3.63, 3.8) is 0 Å². The van der Waals surface area contributed by atoms with Gasteiger partial charge in [-0.1, -0.05) is 0 Å². The molecule has 9 nitrogen and oxygen atoms in total. The molecule has 1 heterocycles. The fourth-order valence-corrected chi connectivity index (χ4v) is 1.58. The van der Waals surface area contributed by atoms with E-state index in [-0.39, 0.29) is 33.0 Å². The first-order valence-electron chi connectivity index (χ1n) is 6.77. The number of methoxy groups -OCH3 is 2. The number of carbonyl (C=O) groups excluding carboxylic acids is 2. The molecule has 0 spiro atoms. The van der Waals surface area contributed by atoms with Gasteiger partial charge in [-0.3, -0.25) is 14.6 Å². The van der Waals surface area contributed by atoms with Crippen LogP contribution in [-0.4, -0.2) is 44.7 Å². The molecular formula is C14H20N2O7. The number of nitrogens with two attached hydrogens (primary N) is 1. The van der Waals surface area contributed by atoms with Gasteiger partial charge in [0.15, 0.2) is 11.5 Å². The Kier molecular flexibility index (Phi) is 8.40. The van der Waals surface area contributed by atoms with E-state index in [1.54, 1.807) is 6.07 Å². The summed E-state index contributed by atoms with van der Waals surface area (Å²) in [5, 5.41) is 0. The summed E-state index contributed by atoms with van der Waals surface area (Å²) < 4.78 is 25.0. The van der Waals surface area contributed by atoms with Crippen LogP contribution in [0.1, 0.15) is 18.5 Å². The van der Waals surface area contributed by atoms with E-state index in [1.807, 2.05) is 0 Å². The predicted octanol–water partition coefficient (Wildman–Crippen LogP) is 0.356. The van der Waals surface area contributed by atoms with E-state index >= 15 is 0 Å². The van der Waals surface area contributed by atoms with Gasteiger partial charge in [0.25, 0.3) is 0 Å². The highest BCUT2D eigenvalue weighted by Crippen LogP contribution is 2.29. The van der Waals surface area contributed by atoms with Crippen LogP contribution in [0, 0.1) is 0 Å². The van der Waals surface area contributed by atoms with Crippen LogP contribution in [0.25, 0.3) is 0 Å². The molecule has 23 heavy (non-hydrogen) atoms. The van der Waals surface area contributed by atoms with E-state index < -0.39 is 11.9 Å². The summed E-state index contributed by atoms with van der Waals surface area (Å²) in [5.41, 5.74) is 5.74. The van der Waals surface area contributed by atoms with Crippen molar-refractivity contribution >= 4 is 11.9 Å². The van der Waals surface area contributed by atoms with Crippen LogP contribution in [0.2, 0.25) is 0 Å². The molecule has 0 fully saturated rings. The van der Waals surface area contributed by atoms with Crippen molar-refractivity contribution in [3.8, 4) is 11.5 Å². The molecule has 0 aliphatic rings. The van der Waals surface area contributed by atoms with Crippen LogP contribution >= 0.6 is 0 Å². The first kappa shape index (κ1) is 18.7. The van der Waals surface area contributed by atoms with Gasteiger partial charge in [0.2, 0.25) is 6.79 Å². The summed E-state index contributed by atoms with van der Waals surface area (Å²) in [7, 11) is 2.72. The molecule has 0 bridgehead atoms. The smallest absolute Gasteiger partial charge is 0.309 e. The minimum absolute atomic E-state index is 0.0286. The quantitative estimate of drug-likeness (QED) is 0.479. The van der Waals surface area contributed by atoms with Crippen molar-refractivity contribution in [2.45, 2.75) is 19.4 Å². The average molecular weight is 328 g/mol. The Hall–Kier alpha value is -2.39. The Labute approximate surface area is 133 Å². The monoisotopic (exact) mass is 328 g/mol. The van der Waals surface area contributed by atoms with Gasteiger partial charge in [0.1, 0.15) is 5.69 Å². The fourth-order valence-electron chi connectivity index (χ4n) is 1.58. The minimum Gasteiger partial charge on any atom is -0.493 e. The zero-order chi connectivity index (χ0) is 17.1. The summed E-state index contributed by atoms with van der Waals surface area (Å²) in [6.45, 7) is -0.197. The van der Waals surface area contributed by atoms with Gasteiger partial charge in [0.05, 0.1) is 40.4 Å². The first-order valence-corrected chi connectivity index (χ1v) is 6.77. The van der Waals surface area contributed by atoms with Crippen molar-refractivity contribution in [2.75, 3.05) is 27.7 Å². The highest BCUT2D eigenvalue weighted by Gasteiger charge is 2.14. The molecule has 2 N–H and O–H groups in total. The molecule has 1 aromatic heterocycles. The van der Waals surface area contributed by atoms with Gasteiger partial charge in [-0.15, -0.1) is 0 Å². The van der Waals surface area contributed by atoms with Gasteiger partial charge >= 0.3 is 11.9 Å². The number of rotatable bonds is 10. The maximum atomic E-state index is 11.5. The molecule has 0 atom stereocenters. The summed E-state index contributed by atoms with van der Waals surface area (Å²) in [6, 6.07) is 1.60. The third-order valence-electron chi connectivity index (χ3n) is 2.70. The molecule has 0 amide bonds. The zero-order valence-corrected chi connectivity index (χ0v) is 13.1. The molecule has 0 aliphatic heterocycles. The third-order valence-corrected chi connectivity index (χ3v) is 2.70. The van der Waals surface area contributed by atoms with E-state index in [0.717, 1.165) is 0 Å². The maximum absolute atomic E-state index is 11.5. The second-order valence-electron chi connectivity index (χ2n) is 4.16. The minimum atomic E-state index is -0.585. The second-order valence-corrected chi connectivity index (χ2v) is 4.16. The highest BCUT2D eigenvalue weighted by molar-refractivity contribution is 5.77. The highest BCUT2D eigenvalue weighted by atomic mass is 16.7. The summed E-state index contributed by atoms with van der Waals surface area (Å²) in [6.07, 6.45) is 1.38. The van der Waals surface area contributed by atoms with Crippen molar-refractivity contribution in [2.24, 2.45) is 5.73 Å². The topological polar surface area (TPSA) is 119 Å². The Bertz CT molecular complexity index is 522. The molecule has 0 aliphatic carbocycles. The molecule has 0 unspecified atom stereocenters. The number of hydrogen-bond donors (Lipinski definition) is 1. The lowest BCUT2D eigenvalue weighted by molar-refractivity contribution is -0.153. The number of hydrogen-bond acceptors (Lipinski definition) is 9. The van der Waals surface area contributed by atoms with Crippen LogP contribution in [0.3, 0.4) is 0 Å². The molecule has 0 aromatic carbocycles. The Balaban J connectivity index is 2.55. The standard InChI is InChI=1S/C14H20N2O7/c1-19-11-5-6-16-10(7-21-8-15)14(11)23-9-22-13(18)4-3-12(17)20-2/h5-6H,3-4,7-9,15H2,1-2H3. The van der Waals surface area contributed by atoms with Gasteiger partial charge in [-0.05, 0) is 0 Å². The Morgan fingerprint density at radius 3 is 2.61 bits per heavy atom. The summed E-state index contributed by atoms with van der Waals surface area (Å²) in [5.74, 6) is -0.360. The number of nitrogens with zero attached hydrogens (tertiary/aromatic N) is 1. The Morgan fingerprint density at radius 1 is 1.22 bits per heavy atom. The fraction of sp³-hybridized carbons (Fsp3) is 0.500. The van der Waals surface area contributed by atoms with Crippen molar-refractivity contribution in [1.82, 2.24) is 4.98 Å². The van der Waals surface area contributed by atoms with E-state index in [0.29, 0.717) is 17.2 Å². The van der Waals surface area contributed by atoms with Crippen LogP contribution in [-0.2, 0) is 30.4 Å². The number of ether oxygens (including phenoxy) is 5. The van der Waals surface area contributed by atoms with Gasteiger partial charge < -0.3 is 29.4 Å². The van der Waals surface area contributed by atoms with Crippen LogP contribution in [0.15, 0.2) is 12.3 Å². The average Bonchev–Trinajstić information content (AvgIpc) is 2.58. The second kappa shape index (κ2) is 10.4. The van der Waals surface area contributed by atoms with Gasteiger partial charge in [-0.25, -0.2) is 0 Å². The molecular weight excluding hydrogens is 308 g/mol. The molecule has 9 heteroatoms. The lowest BCUT2D eigenvalue weighted by Crippen LogP contribution is -2.14. The largest absolute Gasteiger partial charge is 0.493 e. The lowest BCUT2D eigenvalue weighted by atomic mass is 10.3. The predicted molar refractivity (Wildman–Crippen MR) is 77.5 cm³/mol. The van der Waals surface area contributed by atoms with E-state index in [4.69, 9.17) is 24.7 Å². The zero-order valence-electron chi connectivity index (χ0n) is 13.1. The number of carbonyl (C=O) groups is 2. The van der Waals surface area contributed by atoms with Crippen LogP contribution < -0.4 is 15.2 Å².